The number of ether oxygens (including phenoxy) is 1. The van der Waals surface area contributed by atoms with Gasteiger partial charge < -0.3 is 14.4 Å². The Hall–Kier alpha value is -2.15. The second-order valence-corrected chi connectivity index (χ2v) is 6.02. The highest BCUT2D eigenvalue weighted by atomic mass is 32.1. The van der Waals surface area contributed by atoms with Crippen LogP contribution in [-0.2, 0) is 13.0 Å². The standard InChI is InChI=1S/C17H18N2O3S/c1-12-15(19-17(22-12)16-3-2-10-23-16)8-9-21-14-6-4-13(5-7-14)11-18-20/h2-7,10,18,20H,8-9,11H2,1H3. The highest BCUT2D eigenvalue weighted by Gasteiger charge is 2.12. The molecule has 2 heterocycles. The van der Waals surface area contributed by atoms with Crippen LogP contribution in [0.2, 0.25) is 0 Å². The van der Waals surface area contributed by atoms with Crippen LogP contribution in [0, 0.1) is 6.92 Å². The first-order chi connectivity index (χ1) is 11.3. The second-order valence-electron chi connectivity index (χ2n) is 5.08. The maximum Gasteiger partial charge on any atom is 0.236 e. The summed E-state index contributed by atoms with van der Waals surface area (Å²) in [4.78, 5) is 5.59. The van der Waals surface area contributed by atoms with Crippen LogP contribution < -0.4 is 10.2 Å². The van der Waals surface area contributed by atoms with Crippen LogP contribution in [0.15, 0.2) is 46.2 Å². The largest absolute Gasteiger partial charge is 0.493 e. The van der Waals surface area contributed by atoms with Gasteiger partial charge in [-0.2, -0.15) is 0 Å². The van der Waals surface area contributed by atoms with Gasteiger partial charge in [-0.05, 0) is 36.1 Å². The monoisotopic (exact) mass is 330 g/mol. The van der Waals surface area contributed by atoms with E-state index in [9.17, 15) is 0 Å². The molecule has 3 rings (SSSR count). The molecule has 0 amide bonds. The molecule has 0 aliphatic carbocycles. The lowest BCUT2D eigenvalue weighted by Crippen LogP contribution is -2.06. The SMILES string of the molecule is Cc1oc(-c2cccs2)nc1CCOc1ccc(CNO)cc1. The van der Waals surface area contributed by atoms with Crippen molar-refractivity contribution in [2.75, 3.05) is 6.61 Å². The zero-order chi connectivity index (χ0) is 16.1. The molecule has 2 N–H and O–H groups in total. The molecule has 0 atom stereocenters. The molecule has 23 heavy (non-hydrogen) atoms. The van der Waals surface area contributed by atoms with Crippen molar-refractivity contribution in [3.8, 4) is 16.5 Å². The smallest absolute Gasteiger partial charge is 0.236 e. The summed E-state index contributed by atoms with van der Waals surface area (Å²) in [7, 11) is 0. The zero-order valence-corrected chi connectivity index (χ0v) is 13.6. The van der Waals surface area contributed by atoms with E-state index in [4.69, 9.17) is 14.4 Å². The molecule has 0 radical (unpaired) electrons. The van der Waals surface area contributed by atoms with Crippen molar-refractivity contribution in [3.05, 3.63) is 58.8 Å². The Balaban J connectivity index is 1.56. The Morgan fingerprint density at radius 3 is 2.78 bits per heavy atom. The number of hydroxylamine groups is 1. The molecule has 5 nitrogen and oxygen atoms in total. The topological polar surface area (TPSA) is 67.5 Å². The summed E-state index contributed by atoms with van der Waals surface area (Å²) < 4.78 is 11.5. The number of nitrogens with zero attached hydrogens (tertiary/aromatic N) is 1. The lowest BCUT2D eigenvalue weighted by molar-refractivity contribution is 0.161. The van der Waals surface area contributed by atoms with Crippen molar-refractivity contribution < 1.29 is 14.4 Å². The number of thiophene rings is 1. The lowest BCUT2D eigenvalue weighted by Gasteiger charge is -2.06. The molecule has 0 spiro atoms. The molecule has 3 aromatic rings. The molecule has 0 saturated heterocycles. The van der Waals surface area contributed by atoms with Gasteiger partial charge in [0.15, 0.2) is 0 Å². The van der Waals surface area contributed by atoms with Crippen LogP contribution in [-0.4, -0.2) is 16.8 Å². The van der Waals surface area contributed by atoms with E-state index in [-0.39, 0.29) is 0 Å². The summed E-state index contributed by atoms with van der Waals surface area (Å²) in [6, 6.07) is 11.6. The Morgan fingerprint density at radius 2 is 2.09 bits per heavy atom. The van der Waals surface area contributed by atoms with Gasteiger partial charge in [0.1, 0.15) is 11.5 Å². The van der Waals surface area contributed by atoms with Crippen molar-refractivity contribution >= 4 is 11.3 Å². The van der Waals surface area contributed by atoms with Gasteiger partial charge in [0.25, 0.3) is 0 Å². The molecule has 120 valence electrons. The number of rotatable bonds is 7. The van der Waals surface area contributed by atoms with E-state index >= 15 is 0 Å². The number of benzene rings is 1. The van der Waals surface area contributed by atoms with Crippen molar-refractivity contribution in [2.45, 2.75) is 19.9 Å². The van der Waals surface area contributed by atoms with Crippen molar-refractivity contribution in [1.29, 1.82) is 0 Å². The van der Waals surface area contributed by atoms with Crippen LogP contribution in [0.25, 0.3) is 10.8 Å². The van der Waals surface area contributed by atoms with Gasteiger partial charge in [-0.1, -0.05) is 18.2 Å². The molecule has 0 saturated carbocycles. The first-order valence-electron chi connectivity index (χ1n) is 7.35. The van der Waals surface area contributed by atoms with E-state index in [0.29, 0.717) is 25.5 Å². The molecule has 6 heteroatoms. The van der Waals surface area contributed by atoms with E-state index in [1.165, 1.54) is 0 Å². The van der Waals surface area contributed by atoms with Gasteiger partial charge >= 0.3 is 0 Å². The molecule has 0 bridgehead atoms. The number of aromatic nitrogens is 1. The molecular weight excluding hydrogens is 312 g/mol. The van der Waals surface area contributed by atoms with Gasteiger partial charge in [-0.3, -0.25) is 0 Å². The minimum absolute atomic E-state index is 0.421. The van der Waals surface area contributed by atoms with Gasteiger partial charge in [0.2, 0.25) is 5.89 Å². The average molecular weight is 330 g/mol. The molecule has 2 aromatic heterocycles. The van der Waals surface area contributed by atoms with E-state index in [0.717, 1.165) is 27.6 Å². The molecular formula is C17H18N2O3S. The summed E-state index contributed by atoms with van der Waals surface area (Å²) in [5.41, 5.74) is 4.05. The second kappa shape index (κ2) is 7.41. The quantitative estimate of drug-likeness (QED) is 0.645. The minimum Gasteiger partial charge on any atom is -0.493 e. The summed E-state index contributed by atoms with van der Waals surface area (Å²) in [5, 5.41) is 10.7. The third kappa shape index (κ3) is 3.98. The maximum absolute atomic E-state index is 8.66. The fraction of sp³-hybridized carbons (Fsp3) is 0.235. The van der Waals surface area contributed by atoms with E-state index in [1.54, 1.807) is 11.3 Å². The van der Waals surface area contributed by atoms with Crippen LogP contribution in [0.3, 0.4) is 0 Å². The molecule has 0 fully saturated rings. The van der Waals surface area contributed by atoms with E-state index < -0.39 is 0 Å². The molecule has 0 aliphatic rings. The highest BCUT2D eigenvalue weighted by Crippen LogP contribution is 2.26. The van der Waals surface area contributed by atoms with Crippen molar-refractivity contribution in [3.63, 3.8) is 0 Å². The van der Waals surface area contributed by atoms with Crippen LogP contribution in [0.5, 0.6) is 5.75 Å². The fourth-order valence-corrected chi connectivity index (χ4v) is 2.87. The van der Waals surface area contributed by atoms with E-state index in [2.05, 4.69) is 10.5 Å². The highest BCUT2D eigenvalue weighted by molar-refractivity contribution is 7.13. The van der Waals surface area contributed by atoms with Crippen LogP contribution in [0.1, 0.15) is 17.0 Å². The van der Waals surface area contributed by atoms with Crippen molar-refractivity contribution in [1.82, 2.24) is 10.5 Å². The number of hydrogen-bond donors (Lipinski definition) is 2. The molecule has 1 aromatic carbocycles. The normalized spacial score (nSPS) is 10.9. The number of hydrogen-bond acceptors (Lipinski definition) is 6. The predicted octanol–water partition coefficient (Wildman–Crippen LogP) is 3.81. The van der Waals surface area contributed by atoms with Gasteiger partial charge in [0.05, 0.1) is 17.2 Å². The fourth-order valence-electron chi connectivity index (χ4n) is 2.23. The van der Waals surface area contributed by atoms with Gasteiger partial charge in [-0.25, -0.2) is 10.5 Å². The zero-order valence-electron chi connectivity index (χ0n) is 12.8. The molecule has 0 unspecified atom stereocenters. The van der Waals surface area contributed by atoms with E-state index in [1.807, 2.05) is 48.7 Å². The number of aryl methyl sites for hydroxylation is 1. The number of nitrogens with one attached hydrogen (secondary N) is 1. The molecule has 0 aliphatic heterocycles. The summed E-state index contributed by atoms with van der Waals surface area (Å²) >= 11 is 1.61. The summed E-state index contributed by atoms with van der Waals surface area (Å²) in [6.07, 6.45) is 0.695. The summed E-state index contributed by atoms with van der Waals surface area (Å²) in [6.45, 7) is 2.88. The lowest BCUT2D eigenvalue weighted by atomic mass is 10.2. The first kappa shape index (κ1) is 15.7. The Labute approximate surface area is 138 Å². The predicted molar refractivity (Wildman–Crippen MR) is 88.8 cm³/mol. The maximum atomic E-state index is 8.66. The average Bonchev–Trinajstić information content (AvgIpc) is 3.20. The minimum atomic E-state index is 0.421. The Bertz CT molecular complexity index is 736. The van der Waals surface area contributed by atoms with Crippen LogP contribution in [0.4, 0.5) is 0 Å². The number of oxazole rings is 1. The Morgan fingerprint density at radius 1 is 1.26 bits per heavy atom. The van der Waals surface area contributed by atoms with Crippen molar-refractivity contribution in [2.24, 2.45) is 0 Å². The first-order valence-corrected chi connectivity index (χ1v) is 8.23. The van der Waals surface area contributed by atoms with Gasteiger partial charge in [-0.15, -0.1) is 11.3 Å². The van der Waals surface area contributed by atoms with Gasteiger partial charge in [0, 0.05) is 13.0 Å². The van der Waals surface area contributed by atoms with Crippen LogP contribution >= 0.6 is 11.3 Å². The third-order valence-corrected chi connectivity index (χ3v) is 4.30. The third-order valence-electron chi connectivity index (χ3n) is 3.44. The Kier molecular flexibility index (Phi) is 5.07. The summed E-state index contributed by atoms with van der Waals surface area (Å²) in [5.74, 6) is 2.31.